The van der Waals surface area contributed by atoms with E-state index in [1.165, 1.54) is 11.0 Å². The van der Waals surface area contributed by atoms with E-state index in [1.807, 2.05) is 84.9 Å². The molecule has 2 fully saturated rings. The van der Waals surface area contributed by atoms with Crippen LogP contribution in [0.3, 0.4) is 0 Å². The molecule has 4 aliphatic rings. The fourth-order valence-electron chi connectivity index (χ4n) is 9.39. The quantitative estimate of drug-likeness (QED) is 0.133. The van der Waals surface area contributed by atoms with Gasteiger partial charge in [0.15, 0.2) is 11.6 Å². The second kappa shape index (κ2) is 13.7. The van der Waals surface area contributed by atoms with Crippen LogP contribution < -0.4 is 0 Å². The number of hydrogen-bond donors (Lipinski definition) is 2. The van der Waals surface area contributed by atoms with Crippen LogP contribution in [-0.4, -0.2) is 51.0 Å². The first-order valence-electron chi connectivity index (χ1n) is 17.8. The Morgan fingerprint density at radius 3 is 2.31 bits per heavy atom. The first kappa shape index (κ1) is 34.1. The normalized spacial score (nSPS) is 26.9. The molecule has 8 heteroatoms. The predicted octanol–water partition coefficient (Wildman–Crippen LogP) is 6.59. The number of carboxylic acids is 1. The maximum Gasteiger partial charge on any atom is 0.303 e. The molecule has 3 aromatic carbocycles. The van der Waals surface area contributed by atoms with E-state index in [1.54, 1.807) is 6.08 Å². The molecule has 51 heavy (non-hydrogen) atoms. The molecule has 1 aliphatic heterocycles. The number of likely N-dealkylation sites (tertiary alicyclic amines) is 1. The number of rotatable bonds is 11. The Balaban J connectivity index is 1.40. The molecular weight excluding hydrogens is 642 g/mol. The Morgan fingerprint density at radius 1 is 0.882 bits per heavy atom. The zero-order valence-corrected chi connectivity index (χ0v) is 28.4. The number of aromatic hydroxyl groups is 1. The van der Waals surface area contributed by atoms with Crippen LogP contribution in [0.4, 0.5) is 0 Å². The number of hydrogen-bond acceptors (Lipinski definition) is 6. The summed E-state index contributed by atoms with van der Waals surface area (Å²) in [5, 5.41) is 21.0. The molecule has 0 spiro atoms. The molecule has 2 N–H and O–H groups in total. The van der Waals surface area contributed by atoms with Crippen LogP contribution in [0, 0.1) is 23.7 Å². The minimum absolute atomic E-state index is 0.0232. The lowest BCUT2D eigenvalue weighted by Gasteiger charge is -2.55. The van der Waals surface area contributed by atoms with Gasteiger partial charge < -0.3 is 10.2 Å². The largest absolute Gasteiger partial charge is 0.507 e. The van der Waals surface area contributed by atoms with Crippen molar-refractivity contribution in [3.05, 3.63) is 131 Å². The summed E-state index contributed by atoms with van der Waals surface area (Å²) in [7, 11) is 0. The lowest BCUT2D eigenvalue weighted by Crippen LogP contribution is -2.58. The third-order valence-corrected chi connectivity index (χ3v) is 11.6. The van der Waals surface area contributed by atoms with Gasteiger partial charge in [-0.25, -0.2) is 0 Å². The molecule has 3 aliphatic carbocycles. The van der Waals surface area contributed by atoms with E-state index in [4.69, 9.17) is 5.11 Å². The number of unbranched alkanes of at least 4 members (excludes halogenated alkanes) is 2. The molecule has 260 valence electrons. The third kappa shape index (κ3) is 5.57. The minimum Gasteiger partial charge on any atom is -0.507 e. The highest BCUT2D eigenvalue weighted by molar-refractivity contribution is 6.31. The van der Waals surface area contributed by atoms with Gasteiger partial charge in [0.25, 0.3) is 0 Å². The van der Waals surface area contributed by atoms with Crippen molar-refractivity contribution in [3.63, 3.8) is 0 Å². The Kier molecular flexibility index (Phi) is 9.19. The molecule has 0 unspecified atom stereocenters. The molecule has 2 amide bonds. The van der Waals surface area contributed by atoms with E-state index >= 15 is 9.59 Å². The number of phenols is 1. The van der Waals surface area contributed by atoms with Crippen LogP contribution in [0.2, 0.25) is 0 Å². The number of phenolic OH excluding ortho intramolecular Hbond substituents is 1. The number of ketones is 2. The van der Waals surface area contributed by atoms with E-state index in [0.29, 0.717) is 59.9 Å². The molecule has 1 saturated carbocycles. The van der Waals surface area contributed by atoms with Gasteiger partial charge in [0.1, 0.15) is 5.75 Å². The van der Waals surface area contributed by atoms with E-state index in [0.717, 1.165) is 5.57 Å². The number of carboxylic acid groups (broad SMARTS) is 1. The van der Waals surface area contributed by atoms with Gasteiger partial charge in [0, 0.05) is 35.9 Å². The van der Waals surface area contributed by atoms with Crippen LogP contribution in [0.1, 0.15) is 66.7 Å². The molecular formula is C43H41NO7. The van der Waals surface area contributed by atoms with Crippen LogP contribution in [0.25, 0.3) is 5.57 Å². The van der Waals surface area contributed by atoms with E-state index in [9.17, 15) is 19.5 Å². The zero-order chi connectivity index (χ0) is 35.9. The number of imide groups is 1. The Bertz CT molecular complexity index is 1980. The average Bonchev–Trinajstić information content (AvgIpc) is 3.38. The Hall–Kier alpha value is -5.37. The standard InChI is InChI=1S/C43H41NO7/c1-2-13-27-16-12-19-31(39(27)48)38-29-21-22-30-37(42(51)44(41(30)50)23-11-5-10-20-36(46)47)33(29)24-34-40(49)32(26-14-6-3-7-15-26)25-35(45)43(34,38)28-17-8-4-9-18-28/h2-4,6-9,12,14-19,21,25,30,33-34,37-38,48H,1,5,10-11,13,20,22-24H2,(H,46,47)/t30-,33+,34-,37-,38+,43-/m0/s1. The zero-order valence-electron chi connectivity index (χ0n) is 28.4. The number of allylic oxidation sites excluding steroid dienone is 5. The minimum atomic E-state index is -1.43. The summed E-state index contributed by atoms with van der Waals surface area (Å²) in [6.07, 6.45) is 7.59. The van der Waals surface area contributed by atoms with Crippen molar-refractivity contribution >= 4 is 34.9 Å². The SMILES string of the molecule is C=CCc1cccc([C@H]2C3=CC[C@@H]4C(=O)N(CCCCCC(=O)O)C(=O)[C@@H]4[C@@H]3C[C@H]3C(=O)C(c4ccccc4)=CC(=O)[C@@]23c2ccccc2)c1O. The summed E-state index contributed by atoms with van der Waals surface area (Å²) in [6, 6.07) is 23.9. The van der Waals surface area contributed by atoms with Gasteiger partial charge in [-0.15, -0.1) is 6.58 Å². The summed E-state index contributed by atoms with van der Waals surface area (Å²) >= 11 is 0. The lowest BCUT2D eigenvalue weighted by molar-refractivity contribution is -0.141. The monoisotopic (exact) mass is 683 g/mol. The van der Waals surface area contributed by atoms with Crippen LogP contribution in [-0.2, 0) is 35.8 Å². The van der Waals surface area contributed by atoms with Crippen LogP contribution in [0.5, 0.6) is 5.75 Å². The molecule has 3 aromatic rings. The highest BCUT2D eigenvalue weighted by Gasteiger charge is 2.66. The fraction of sp³-hybridized carbons (Fsp3) is 0.326. The van der Waals surface area contributed by atoms with Gasteiger partial charge in [-0.05, 0) is 60.8 Å². The number of aliphatic carboxylic acids is 1. The second-order valence-electron chi connectivity index (χ2n) is 14.2. The number of para-hydroxylation sites is 1. The van der Waals surface area contributed by atoms with Gasteiger partial charge in [0.05, 0.1) is 17.3 Å². The van der Waals surface area contributed by atoms with Gasteiger partial charge in [0.2, 0.25) is 11.8 Å². The van der Waals surface area contributed by atoms with E-state index in [-0.39, 0.29) is 48.5 Å². The highest BCUT2D eigenvalue weighted by Crippen LogP contribution is 2.64. The van der Waals surface area contributed by atoms with Crippen molar-refractivity contribution < 1.29 is 34.2 Å². The maximum atomic E-state index is 15.2. The molecule has 0 aromatic heterocycles. The average molecular weight is 684 g/mol. The summed E-state index contributed by atoms with van der Waals surface area (Å²) in [4.78, 5) is 70.7. The van der Waals surface area contributed by atoms with Crippen molar-refractivity contribution in [1.82, 2.24) is 4.90 Å². The van der Waals surface area contributed by atoms with Crippen molar-refractivity contribution in [2.24, 2.45) is 23.7 Å². The summed E-state index contributed by atoms with van der Waals surface area (Å²) in [5.41, 5.74) is 2.12. The van der Waals surface area contributed by atoms with Crippen molar-refractivity contribution in [2.75, 3.05) is 6.54 Å². The van der Waals surface area contributed by atoms with Crippen LogP contribution >= 0.6 is 0 Å². The van der Waals surface area contributed by atoms with Gasteiger partial charge in [-0.2, -0.15) is 0 Å². The number of carbonyl (C=O) groups is 5. The van der Waals surface area contributed by atoms with Gasteiger partial charge >= 0.3 is 5.97 Å². The third-order valence-electron chi connectivity index (χ3n) is 11.6. The number of fused-ring (bicyclic) bond motifs is 4. The summed E-state index contributed by atoms with van der Waals surface area (Å²) in [5.74, 6) is -5.39. The fourth-order valence-corrected chi connectivity index (χ4v) is 9.39. The van der Waals surface area contributed by atoms with Crippen molar-refractivity contribution in [3.8, 4) is 5.75 Å². The van der Waals surface area contributed by atoms with E-state index < -0.39 is 41.0 Å². The van der Waals surface area contributed by atoms with Crippen molar-refractivity contribution in [2.45, 2.75) is 56.3 Å². The van der Waals surface area contributed by atoms with Crippen molar-refractivity contribution in [1.29, 1.82) is 0 Å². The summed E-state index contributed by atoms with van der Waals surface area (Å²) in [6.45, 7) is 4.06. The van der Waals surface area contributed by atoms with E-state index in [2.05, 4.69) is 6.58 Å². The topological polar surface area (TPSA) is 129 Å². The molecule has 8 nitrogen and oxygen atoms in total. The predicted molar refractivity (Wildman–Crippen MR) is 191 cm³/mol. The first-order valence-corrected chi connectivity index (χ1v) is 17.8. The number of Topliss-reactive ketones (excluding diaryl/α,β-unsaturated/α-hetero) is 1. The first-order chi connectivity index (χ1) is 24.7. The number of nitrogens with zero attached hydrogens (tertiary/aromatic N) is 1. The number of benzene rings is 3. The van der Waals surface area contributed by atoms with Gasteiger partial charge in [-0.3, -0.25) is 28.9 Å². The molecule has 6 atom stereocenters. The molecule has 1 heterocycles. The maximum absolute atomic E-state index is 15.2. The Morgan fingerprint density at radius 2 is 1.61 bits per heavy atom. The van der Waals surface area contributed by atoms with Gasteiger partial charge in [-0.1, -0.05) is 103 Å². The highest BCUT2D eigenvalue weighted by atomic mass is 16.4. The molecule has 0 bridgehead atoms. The molecule has 1 saturated heterocycles. The molecule has 0 radical (unpaired) electrons. The van der Waals surface area contributed by atoms with Crippen LogP contribution in [0.15, 0.2) is 109 Å². The number of amides is 2. The molecule has 7 rings (SSSR count). The summed E-state index contributed by atoms with van der Waals surface area (Å²) < 4.78 is 0. The second-order valence-corrected chi connectivity index (χ2v) is 14.2. The Labute approximate surface area is 297 Å². The number of carbonyl (C=O) groups excluding carboxylic acids is 4. The lowest BCUT2D eigenvalue weighted by atomic mass is 9.44. The smallest absolute Gasteiger partial charge is 0.303 e.